The molecule has 0 aliphatic carbocycles. The van der Waals surface area contributed by atoms with E-state index < -0.39 is 0 Å². The van der Waals surface area contributed by atoms with Crippen molar-refractivity contribution in [3.8, 4) is 11.5 Å². The number of oxime groups is 1. The van der Waals surface area contributed by atoms with E-state index in [-0.39, 0.29) is 5.75 Å². The maximum absolute atomic E-state index is 10.1. The lowest BCUT2D eigenvalue weighted by atomic mass is 10.0. The Kier molecular flexibility index (Phi) is 4.39. The lowest BCUT2D eigenvalue weighted by molar-refractivity contribution is 0.319. The van der Waals surface area contributed by atoms with E-state index in [0.29, 0.717) is 29.2 Å². The first-order valence-corrected chi connectivity index (χ1v) is 6.11. The van der Waals surface area contributed by atoms with Gasteiger partial charge in [-0.1, -0.05) is 48.1 Å². The van der Waals surface area contributed by atoms with E-state index in [1.54, 1.807) is 30.3 Å². The molecule has 0 unspecified atom stereocenters. The summed E-state index contributed by atoms with van der Waals surface area (Å²) in [6, 6.07) is 14.0. The molecule has 0 bridgehead atoms. The standard InChI is InChI=1S/C16H15NO3/c1-2-10-20-13-8-9-14(15(18)11-13)16(17-19)12-6-4-3-5-7-12/h2-9,11,18-19H,1,10H2/b17-16+. The summed E-state index contributed by atoms with van der Waals surface area (Å²) >= 11 is 0. The normalized spacial score (nSPS) is 11.1. The lowest BCUT2D eigenvalue weighted by Crippen LogP contribution is -2.04. The summed E-state index contributed by atoms with van der Waals surface area (Å²) in [5.41, 5.74) is 1.45. The Morgan fingerprint density at radius 2 is 1.95 bits per heavy atom. The minimum Gasteiger partial charge on any atom is -0.507 e. The summed E-state index contributed by atoms with van der Waals surface area (Å²) < 4.78 is 5.33. The van der Waals surface area contributed by atoms with Crippen LogP contribution in [-0.4, -0.2) is 22.6 Å². The summed E-state index contributed by atoms with van der Waals surface area (Å²) in [6.45, 7) is 3.92. The molecule has 2 N–H and O–H groups in total. The van der Waals surface area contributed by atoms with Crippen LogP contribution in [0.1, 0.15) is 11.1 Å². The van der Waals surface area contributed by atoms with Crippen LogP contribution >= 0.6 is 0 Å². The lowest BCUT2D eigenvalue weighted by Gasteiger charge is -2.09. The van der Waals surface area contributed by atoms with Gasteiger partial charge in [-0.25, -0.2) is 0 Å². The third-order valence-electron chi connectivity index (χ3n) is 2.74. The van der Waals surface area contributed by atoms with Crippen LogP contribution in [0, 0.1) is 0 Å². The Morgan fingerprint density at radius 1 is 1.20 bits per heavy atom. The van der Waals surface area contributed by atoms with Crippen molar-refractivity contribution in [2.45, 2.75) is 0 Å². The molecule has 0 aliphatic heterocycles. The van der Waals surface area contributed by atoms with Gasteiger partial charge in [0.1, 0.15) is 23.8 Å². The average molecular weight is 269 g/mol. The van der Waals surface area contributed by atoms with Gasteiger partial charge in [-0.05, 0) is 12.1 Å². The predicted octanol–water partition coefficient (Wildman–Crippen LogP) is 3.18. The molecular formula is C16H15NO3. The second-order valence-corrected chi connectivity index (χ2v) is 4.09. The SMILES string of the molecule is C=CCOc1ccc(/C(=N/O)c2ccccc2)c(O)c1. The van der Waals surface area contributed by atoms with Gasteiger partial charge >= 0.3 is 0 Å². The monoisotopic (exact) mass is 269 g/mol. The van der Waals surface area contributed by atoms with Crippen molar-refractivity contribution in [3.63, 3.8) is 0 Å². The molecule has 0 atom stereocenters. The molecule has 0 spiro atoms. The fraction of sp³-hybridized carbons (Fsp3) is 0.0625. The zero-order valence-electron chi connectivity index (χ0n) is 10.9. The quantitative estimate of drug-likeness (QED) is 0.379. The Morgan fingerprint density at radius 3 is 2.55 bits per heavy atom. The molecule has 0 aromatic heterocycles. The van der Waals surface area contributed by atoms with Crippen molar-refractivity contribution >= 4 is 5.71 Å². The van der Waals surface area contributed by atoms with Crippen molar-refractivity contribution in [2.75, 3.05) is 6.61 Å². The molecule has 2 aromatic carbocycles. The van der Waals surface area contributed by atoms with Crippen LogP contribution in [0.15, 0.2) is 66.3 Å². The smallest absolute Gasteiger partial charge is 0.128 e. The number of nitrogens with zero attached hydrogens (tertiary/aromatic N) is 1. The van der Waals surface area contributed by atoms with Gasteiger partial charge in [0, 0.05) is 17.2 Å². The highest BCUT2D eigenvalue weighted by atomic mass is 16.5. The van der Waals surface area contributed by atoms with Gasteiger partial charge in [0.25, 0.3) is 0 Å². The van der Waals surface area contributed by atoms with Crippen LogP contribution in [0.4, 0.5) is 0 Å². The van der Waals surface area contributed by atoms with Crippen LogP contribution in [0.3, 0.4) is 0 Å². The number of phenols is 1. The summed E-state index contributed by atoms with van der Waals surface area (Å²) in [4.78, 5) is 0. The first-order chi connectivity index (χ1) is 9.76. The van der Waals surface area contributed by atoms with Crippen molar-refractivity contribution in [1.82, 2.24) is 0 Å². The number of hydrogen-bond acceptors (Lipinski definition) is 4. The molecule has 0 heterocycles. The van der Waals surface area contributed by atoms with E-state index in [0.717, 1.165) is 0 Å². The molecule has 0 radical (unpaired) electrons. The van der Waals surface area contributed by atoms with Crippen LogP contribution in [0.2, 0.25) is 0 Å². The van der Waals surface area contributed by atoms with E-state index >= 15 is 0 Å². The maximum atomic E-state index is 10.1. The van der Waals surface area contributed by atoms with Gasteiger partial charge in [-0.15, -0.1) is 0 Å². The Hall–Kier alpha value is -2.75. The third kappa shape index (κ3) is 2.98. The Labute approximate surface area is 117 Å². The predicted molar refractivity (Wildman–Crippen MR) is 77.7 cm³/mol. The number of benzene rings is 2. The van der Waals surface area contributed by atoms with Crippen molar-refractivity contribution < 1.29 is 15.1 Å². The van der Waals surface area contributed by atoms with E-state index in [9.17, 15) is 10.3 Å². The second kappa shape index (κ2) is 6.43. The molecule has 102 valence electrons. The third-order valence-corrected chi connectivity index (χ3v) is 2.74. The zero-order valence-corrected chi connectivity index (χ0v) is 10.9. The summed E-state index contributed by atoms with van der Waals surface area (Å²) in [5.74, 6) is 0.514. The van der Waals surface area contributed by atoms with Crippen LogP contribution in [0.25, 0.3) is 0 Å². The first-order valence-electron chi connectivity index (χ1n) is 6.11. The van der Waals surface area contributed by atoms with Crippen LogP contribution in [0.5, 0.6) is 11.5 Å². The summed E-state index contributed by atoms with van der Waals surface area (Å²) in [6.07, 6.45) is 1.62. The van der Waals surface area contributed by atoms with Gasteiger partial charge in [0.15, 0.2) is 0 Å². The van der Waals surface area contributed by atoms with Gasteiger partial charge < -0.3 is 15.1 Å². The highest BCUT2D eigenvalue weighted by Gasteiger charge is 2.12. The van der Waals surface area contributed by atoms with E-state index in [4.69, 9.17) is 4.74 Å². The number of hydrogen-bond donors (Lipinski definition) is 2. The molecule has 0 aliphatic rings. The maximum Gasteiger partial charge on any atom is 0.128 e. The van der Waals surface area contributed by atoms with E-state index in [1.165, 1.54) is 6.07 Å². The highest BCUT2D eigenvalue weighted by Crippen LogP contribution is 2.26. The Balaban J connectivity index is 2.34. The molecule has 0 amide bonds. The number of ether oxygens (including phenoxy) is 1. The summed E-state index contributed by atoms with van der Waals surface area (Å²) in [7, 11) is 0. The largest absolute Gasteiger partial charge is 0.507 e. The van der Waals surface area contributed by atoms with Gasteiger partial charge in [-0.2, -0.15) is 0 Å². The molecule has 0 saturated carbocycles. The molecule has 0 fully saturated rings. The second-order valence-electron chi connectivity index (χ2n) is 4.09. The Bertz CT molecular complexity index is 621. The average Bonchev–Trinajstić information content (AvgIpc) is 2.49. The zero-order chi connectivity index (χ0) is 14.4. The topological polar surface area (TPSA) is 62.0 Å². The van der Waals surface area contributed by atoms with Gasteiger partial charge in [-0.3, -0.25) is 0 Å². The van der Waals surface area contributed by atoms with E-state index in [1.807, 2.05) is 18.2 Å². The van der Waals surface area contributed by atoms with E-state index in [2.05, 4.69) is 11.7 Å². The van der Waals surface area contributed by atoms with Crippen LogP contribution in [-0.2, 0) is 0 Å². The van der Waals surface area contributed by atoms with Crippen LogP contribution < -0.4 is 4.74 Å². The molecular weight excluding hydrogens is 254 g/mol. The van der Waals surface area contributed by atoms with Crippen molar-refractivity contribution in [2.24, 2.45) is 5.16 Å². The fourth-order valence-corrected chi connectivity index (χ4v) is 1.82. The molecule has 0 saturated heterocycles. The molecule has 4 nitrogen and oxygen atoms in total. The van der Waals surface area contributed by atoms with Gasteiger partial charge in [0.05, 0.1) is 0 Å². The molecule has 20 heavy (non-hydrogen) atoms. The molecule has 2 aromatic rings. The minimum atomic E-state index is -0.0109. The molecule has 2 rings (SSSR count). The van der Waals surface area contributed by atoms with Crippen molar-refractivity contribution in [1.29, 1.82) is 0 Å². The summed E-state index contributed by atoms with van der Waals surface area (Å²) in [5, 5.41) is 22.5. The highest BCUT2D eigenvalue weighted by molar-refractivity contribution is 6.14. The minimum absolute atomic E-state index is 0.0109. The number of rotatable bonds is 5. The number of phenolic OH excluding ortho intramolecular Hbond substituents is 1. The number of aromatic hydroxyl groups is 1. The van der Waals surface area contributed by atoms with Crippen molar-refractivity contribution in [3.05, 3.63) is 72.3 Å². The fourth-order valence-electron chi connectivity index (χ4n) is 1.82. The van der Waals surface area contributed by atoms with Gasteiger partial charge in [0.2, 0.25) is 0 Å². The molecule has 4 heteroatoms. The first kappa shape index (κ1) is 13.7.